The number of aryl methyl sites for hydroxylation is 1. The number of amides is 3. The molecule has 0 aliphatic heterocycles. The van der Waals surface area contributed by atoms with Crippen LogP contribution in [0, 0.1) is 12.7 Å². The normalized spacial score (nSPS) is 13.8. The number of halogens is 1. The number of benzene rings is 2. The van der Waals surface area contributed by atoms with Gasteiger partial charge in [-0.2, -0.15) is 5.10 Å². The van der Waals surface area contributed by atoms with Crippen molar-refractivity contribution in [1.82, 2.24) is 16.3 Å². The lowest BCUT2D eigenvalue weighted by Gasteiger charge is -2.13. The van der Waals surface area contributed by atoms with Crippen LogP contribution in [0.1, 0.15) is 61.0 Å². The quantitative estimate of drug-likeness (QED) is 0.441. The lowest BCUT2D eigenvalue weighted by atomic mass is 9.93. The average Bonchev–Trinajstić information content (AvgIpc) is 3.18. The minimum absolute atomic E-state index is 0.0155. The minimum atomic E-state index is -0.806. The van der Waals surface area contributed by atoms with Crippen LogP contribution in [0.2, 0.25) is 0 Å². The molecule has 4 rings (SSSR count). The van der Waals surface area contributed by atoms with Gasteiger partial charge in [-0.15, -0.1) is 0 Å². The zero-order chi connectivity index (χ0) is 24.2. The maximum absolute atomic E-state index is 13.8. The molecular formula is C24H21FN4O5. The summed E-state index contributed by atoms with van der Waals surface area (Å²) in [5.74, 6) is -2.10. The molecule has 10 heteroatoms. The van der Waals surface area contributed by atoms with E-state index in [0.717, 1.165) is 6.07 Å². The first-order valence-corrected chi connectivity index (χ1v) is 10.5. The van der Waals surface area contributed by atoms with E-state index in [1.54, 1.807) is 6.92 Å². The third-order valence-electron chi connectivity index (χ3n) is 5.36. The summed E-state index contributed by atoms with van der Waals surface area (Å²) in [5.41, 5.74) is 8.71. The lowest BCUT2D eigenvalue weighted by molar-refractivity contribution is 0.0827. The standard InChI is InChI=1S/C24H21FN4O5/c1-13-20-18(26-27-22(31)14-9-11-15(30)12-10-14)7-4-8-19(20)34-21(13)24(33)29-28-23(32)16-5-2-3-6-17(16)25/h2-3,5-6,9-12,30H,4,7-8H2,1H3,(H,27,31)(H,28,32)(H,29,33)/b26-18+. The van der Waals surface area contributed by atoms with E-state index in [1.165, 1.54) is 42.5 Å². The van der Waals surface area contributed by atoms with E-state index >= 15 is 0 Å². The number of nitrogens with one attached hydrogen (secondary N) is 3. The number of furan rings is 1. The number of carbonyl (C=O) groups excluding carboxylic acids is 3. The summed E-state index contributed by atoms with van der Waals surface area (Å²) in [4.78, 5) is 37.1. The number of hydrazone groups is 1. The number of hydrazine groups is 1. The van der Waals surface area contributed by atoms with Crippen molar-refractivity contribution in [1.29, 1.82) is 0 Å². The van der Waals surface area contributed by atoms with Gasteiger partial charge in [0.2, 0.25) is 0 Å². The Hall–Kier alpha value is -4.47. The molecule has 0 atom stereocenters. The first-order valence-electron chi connectivity index (χ1n) is 10.5. The summed E-state index contributed by atoms with van der Waals surface area (Å²) < 4.78 is 19.5. The molecule has 1 aliphatic rings. The molecule has 0 saturated heterocycles. The highest BCUT2D eigenvalue weighted by molar-refractivity contribution is 6.07. The van der Waals surface area contributed by atoms with Crippen LogP contribution in [0.3, 0.4) is 0 Å². The molecule has 0 spiro atoms. The van der Waals surface area contributed by atoms with Crippen LogP contribution in [-0.4, -0.2) is 28.5 Å². The SMILES string of the molecule is Cc1c(C(=O)NNC(=O)c2ccccc2F)oc2c1/C(=N/NC(=O)c1ccc(O)cc1)CCC2. The van der Waals surface area contributed by atoms with Gasteiger partial charge in [-0.1, -0.05) is 12.1 Å². The summed E-state index contributed by atoms with van der Waals surface area (Å²) in [5, 5.41) is 13.6. The Labute approximate surface area is 193 Å². The van der Waals surface area contributed by atoms with E-state index in [-0.39, 0.29) is 17.1 Å². The van der Waals surface area contributed by atoms with Crippen LogP contribution in [0.15, 0.2) is 58.0 Å². The fourth-order valence-corrected chi connectivity index (χ4v) is 3.68. The summed E-state index contributed by atoms with van der Waals surface area (Å²) in [6, 6.07) is 11.1. The highest BCUT2D eigenvalue weighted by Gasteiger charge is 2.28. The highest BCUT2D eigenvalue weighted by atomic mass is 19.1. The highest BCUT2D eigenvalue weighted by Crippen LogP contribution is 2.29. The molecule has 2 aromatic carbocycles. The fraction of sp³-hybridized carbons (Fsp3) is 0.167. The summed E-state index contributed by atoms with van der Waals surface area (Å²) >= 11 is 0. The largest absolute Gasteiger partial charge is 0.508 e. The second-order valence-electron chi connectivity index (χ2n) is 7.64. The van der Waals surface area contributed by atoms with Gasteiger partial charge in [-0.3, -0.25) is 25.2 Å². The molecule has 3 amide bonds. The lowest BCUT2D eigenvalue weighted by Crippen LogP contribution is -2.42. The van der Waals surface area contributed by atoms with Gasteiger partial charge in [0.1, 0.15) is 17.3 Å². The van der Waals surface area contributed by atoms with Crippen molar-refractivity contribution >= 4 is 23.4 Å². The Kier molecular flexibility index (Phi) is 6.39. The van der Waals surface area contributed by atoms with Crippen molar-refractivity contribution in [3.8, 4) is 5.75 Å². The maximum atomic E-state index is 13.8. The molecular weight excluding hydrogens is 443 g/mol. The Bertz CT molecular complexity index is 1300. The van der Waals surface area contributed by atoms with Crippen molar-refractivity contribution in [2.45, 2.75) is 26.2 Å². The van der Waals surface area contributed by atoms with Crippen molar-refractivity contribution in [2.24, 2.45) is 5.10 Å². The molecule has 3 aromatic rings. The van der Waals surface area contributed by atoms with E-state index in [9.17, 15) is 23.9 Å². The van der Waals surface area contributed by atoms with E-state index in [4.69, 9.17) is 4.42 Å². The van der Waals surface area contributed by atoms with E-state index in [0.29, 0.717) is 47.4 Å². The predicted molar refractivity (Wildman–Crippen MR) is 120 cm³/mol. The van der Waals surface area contributed by atoms with Crippen LogP contribution in [0.4, 0.5) is 4.39 Å². The predicted octanol–water partition coefficient (Wildman–Crippen LogP) is 2.98. The average molecular weight is 464 g/mol. The van der Waals surface area contributed by atoms with Gasteiger partial charge in [-0.25, -0.2) is 9.82 Å². The molecule has 4 N–H and O–H groups in total. The number of phenols is 1. The molecule has 1 aromatic heterocycles. The smallest absolute Gasteiger partial charge is 0.305 e. The molecule has 1 heterocycles. The van der Waals surface area contributed by atoms with Gasteiger partial charge in [0.15, 0.2) is 5.76 Å². The number of rotatable bonds is 4. The summed E-state index contributed by atoms with van der Waals surface area (Å²) in [7, 11) is 0. The van der Waals surface area contributed by atoms with Crippen molar-refractivity contribution in [3.63, 3.8) is 0 Å². The fourth-order valence-electron chi connectivity index (χ4n) is 3.68. The second kappa shape index (κ2) is 9.57. The Morgan fingerprint density at radius 3 is 2.41 bits per heavy atom. The molecule has 1 aliphatic carbocycles. The van der Waals surface area contributed by atoms with Crippen LogP contribution < -0.4 is 16.3 Å². The monoisotopic (exact) mass is 464 g/mol. The van der Waals surface area contributed by atoms with Gasteiger partial charge in [0, 0.05) is 23.1 Å². The molecule has 34 heavy (non-hydrogen) atoms. The molecule has 0 radical (unpaired) electrons. The zero-order valence-corrected chi connectivity index (χ0v) is 18.1. The van der Waals surface area contributed by atoms with Crippen LogP contribution >= 0.6 is 0 Å². The molecule has 0 fully saturated rings. The maximum Gasteiger partial charge on any atom is 0.305 e. The van der Waals surface area contributed by atoms with Crippen molar-refractivity contribution in [2.75, 3.05) is 0 Å². The van der Waals surface area contributed by atoms with E-state index in [1.807, 2.05) is 0 Å². The third-order valence-corrected chi connectivity index (χ3v) is 5.36. The van der Waals surface area contributed by atoms with Crippen molar-refractivity contribution < 1.29 is 28.3 Å². The molecule has 0 bridgehead atoms. The Morgan fingerprint density at radius 2 is 1.68 bits per heavy atom. The number of nitrogens with zero attached hydrogens (tertiary/aromatic N) is 1. The van der Waals surface area contributed by atoms with E-state index < -0.39 is 23.5 Å². The molecule has 0 saturated carbocycles. The van der Waals surface area contributed by atoms with Crippen LogP contribution in [0.5, 0.6) is 5.75 Å². The molecule has 174 valence electrons. The molecule has 0 unspecified atom stereocenters. The van der Waals surface area contributed by atoms with Crippen molar-refractivity contribution in [3.05, 3.63) is 88.1 Å². The Morgan fingerprint density at radius 1 is 0.971 bits per heavy atom. The number of hydrogen-bond donors (Lipinski definition) is 4. The number of aromatic hydroxyl groups is 1. The third kappa shape index (κ3) is 4.65. The van der Waals surface area contributed by atoms with Gasteiger partial charge in [0.25, 0.3) is 11.8 Å². The van der Waals surface area contributed by atoms with Gasteiger partial charge >= 0.3 is 5.91 Å². The number of fused-ring (bicyclic) bond motifs is 1. The summed E-state index contributed by atoms with van der Waals surface area (Å²) in [6.45, 7) is 1.68. The summed E-state index contributed by atoms with van der Waals surface area (Å²) in [6.07, 6.45) is 1.85. The number of phenolic OH excluding ortho intramolecular Hbond substituents is 1. The first-order chi connectivity index (χ1) is 16.3. The topological polar surface area (TPSA) is 133 Å². The van der Waals surface area contributed by atoms with E-state index in [2.05, 4.69) is 21.4 Å². The van der Waals surface area contributed by atoms with Gasteiger partial charge < -0.3 is 9.52 Å². The van der Waals surface area contributed by atoms with Crippen LogP contribution in [-0.2, 0) is 6.42 Å². The first kappa shape index (κ1) is 22.7. The van der Waals surface area contributed by atoms with Gasteiger partial charge in [-0.05, 0) is 56.2 Å². The second-order valence-corrected chi connectivity index (χ2v) is 7.64. The number of hydrogen-bond acceptors (Lipinski definition) is 6. The minimum Gasteiger partial charge on any atom is -0.508 e. The number of carbonyl (C=O) groups is 3. The van der Waals surface area contributed by atoms with Crippen LogP contribution in [0.25, 0.3) is 0 Å². The zero-order valence-electron chi connectivity index (χ0n) is 18.1. The molecule has 9 nitrogen and oxygen atoms in total. The Balaban J connectivity index is 1.48. The van der Waals surface area contributed by atoms with Gasteiger partial charge in [0.05, 0.1) is 11.3 Å².